The van der Waals surface area contributed by atoms with E-state index in [4.69, 9.17) is 4.74 Å². The van der Waals surface area contributed by atoms with E-state index in [-0.39, 0.29) is 0 Å². The lowest BCUT2D eigenvalue weighted by atomic mass is 9.43. The number of carbonyl (C=O) groups is 1. The van der Waals surface area contributed by atoms with E-state index in [0.717, 1.165) is 62.0 Å². The third kappa shape index (κ3) is 4.72. The zero-order valence-corrected chi connectivity index (χ0v) is 24.5. The fourth-order valence-electron chi connectivity index (χ4n) is 10.8. The van der Waals surface area contributed by atoms with Crippen LogP contribution >= 0.6 is 0 Å². The van der Waals surface area contributed by atoms with E-state index in [1.54, 1.807) is 0 Å². The molecule has 6 rings (SSSR count). The van der Waals surface area contributed by atoms with Gasteiger partial charge >= 0.3 is 5.97 Å². The Morgan fingerprint density at radius 2 is 1.77 bits per heavy atom. The first-order chi connectivity index (χ1) is 18.6. The lowest BCUT2D eigenvalue weighted by Crippen LogP contribution is -2.55. The molecule has 5 aliphatic rings. The van der Waals surface area contributed by atoms with Gasteiger partial charge in [-0.05, 0) is 134 Å². The number of aliphatic carboxylic acids is 1. The zero-order valence-electron chi connectivity index (χ0n) is 24.5. The molecule has 0 aromatic heterocycles. The molecule has 4 nitrogen and oxygen atoms in total. The standard InChI is InChI=1S/C35H50O4/c1-23(4-13-32(36)37)29-11-12-30-28-10-9-27-22-35(38,19-18-33(27,2)31(28)14-17-34(29,30)3)26-7-5-24(6-8-26)25-15-20-39-21-16-25/h5-8,15,23,27-31,38H,4,9-14,16-22H2,1-3H3,(H,36,37)/t23-,27-,28+,29-,30+,31+,33+,34-,35+/m1/s1. The molecule has 0 bridgehead atoms. The van der Waals surface area contributed by atoms with Gasteiger partial charge in [-0.15, -0.1) is 0 Å². The molecule has 0 spiro atoms. The molecule has 0 radical (unpaired) electrons. The minimum Gasteiger partial charge on any atom is -0.481 e. The molecule has 1 aliphatic heterocycles. The average molecular weight is 535 g/mol. The van der Waals surface area contributed by atoms with Gasteiger partial charge in [-0.3, -0.25) is 4.79 Å². The van der Waals surface area contributed by atoms with Crippen molar-refractivity contribution in [3.8, 4) is 0 Å². The van der Waals surface area contributed by atoms with Crippen molar-refractivity contribution in [3.05, 3.63) is 41.5 Å². The minimum atomic E-state index is -0.708. The maximum atomic E-state index is 12.0. The van der Waals surface area contributed by atoms with E-state index in [9.17, 15) is 15.0 Å². The predicted octanol–water partition coefficient (Wildman–Crippen LogP) is 7.84. The van der Waals surface area contributed by atoms with Crippen LogP contribution in [-0.2, 0) is 15.1 Å². The molecule has 39 heavy (non-hydrogen) atoms. The van der Waals surface area contributed by atoms with Crippen LogP contribution in [0.25, 0.3) is 5.57 Å². The Hall–Kier alpha value is -1.65. The normalized spacial score (nSPS) is 42.6. The summed E-state index contributed by atoms with van der Waals surface area (Å²) >= 11 is 0. The maximum absolute atomic E-state index is 12.0. The van der Waals surface area contributed by atoms with Crippen molar-refractivity contribution >= 4 is 11.5 Å². The van der Waals surface area contributed by atoms with E-state index in [2.05, 4.69) is 51.1 Å². The molecule has 0 amide bonds. The Morgan fingerprint density at radius 3 is 2.49 bits per heavy atom. The summed E-state index contributed by atoms with van der Waals surface area (Å²) in [7, 11) is 0. The monoisotopic (exact) mass is 534 g/mol. The van der Waals surface area contributed by atoms with Gasteiger partial charge in [0.05, 0.1) is 18.8 Å². The highest BCUT2D eigenvalue weighted by molar-refractivity contribution is 5.67. The molecule has 2 N–H and O–H groups in total. The van der Waals surface area contributed by atoms with Gasteiger partial charge in [0, 0.05) is 6.42 Å². The number of aliphatic hydroxyl groups is 1. The van der Waals surface area contributed by atoms with Crippen LogP contribution in [0.5, 0.6) is 0 Å². The second kappa shape index (κ2) is 10.3. The van der Waals surface area contributed by atoms with Gasteiger partial charge in [0.2, 0.25) is 0 Å². The summed E-state index contributed by atoms with van der Waals surface area (Å²) < 4.78 is 5.48. The lowest BCUT2D eigenvalue weighted by molar-refractivity contribution is -0.155. The minimum absolute atomic E-state index is 0.308. The molecule has 1 aromatic carbocycles. The average Bonchev–Trinajstić information content (AvgIpc) is 3.30. The molecule has 0 saturated heterocycles. The van der Waals surface area contributed by atoms with Crippen molar-refractivity contribution in [1.82, 2.24) is 0 Å². The third-order valence-electron chi connectivity index (χ3n) is 13.1. The molecule has 0 unspecified atom stereocenters. The highest BCUT2D eigenvalue weighted by Gasteiger charge is 2.61. The summed E-state index contributed by atoms with van der Waals surface area (Å²) in [6, 6.07) is 8.81. The van der Waals surface area contributed by atoms with Crippen molar-refractivity contribution in [1.29, 1.82) is 0 Å². The van der Waals surface area contributed by atoms with E-state index >= 15 is 0 Å². The maximum Gasteiger partial charge on any atom is 0.303 e. The van der Waals surface area contributed by atoms with Crippen LogP contribution in [0.4, 0.5) is 0 Å². The topological polar surface area (TPSA) is 66.8 Å². The fourth-order valence-corrected chi connectivity index (χ4v) is 10.8. The van der Waals surface area contributed by atoms with E-state index < -0.39 is 11.6 Å². The Bertz CT molecular complexity index is 1090. The van der Waals surface area contributed by atoms with Crippen molar-refractivity contribution in [2.45, 2.75) is 103 Å². The summed E-state index contributed by atoms with van der Waals surface area (Å²) in [6.45, 7) is 8.97. The van der Waals surface area contributed by atoms with Crippen molar-refractivity contribution in [3.63, 3.8) is 0 Å². The molecule has 1 heterocycles. The summed E-state index contributed by atoms with van der Waals surface area (Å²) in [6.07, 6.45) is 15.0. The van der Waals surface area contributed by atoms with Crippen LogP contribution in [0.2, 0.25) is 0 Å². The molecule has 9 atom stereocenters. The number of ether oxygens (including phenoxy) is 1. The van der Waals surface area contributed by atoms with Gasteiger partial charge in [-0.25, -0.2) is 0 Å². The Labute approximate surface area is 235 Å². The number of carboxylic acids is 1. The van der Waals surface area contributed by atoms with Crippen LogP contribution in [0.1, 0.15) is 109 Å². The largest absolute Gasteiger partial charge is 0.481 e. The van der Waals surface area contributed by atoms with Crippen LogP contribution < -0.4 is 0 Å². The molecule has 4 fully saturated rings. The molecule has 4 saturated carbocycles. The summed E-state index contributed by atoms with van der Waals surface area (Å²) in [5.41, 5.74) is 3.73. The van der Waals surface area contributed by atoms with E-state index in [1.807, 2.05) is 0 Å². The summed E-state index contributed by atoms with van der Waals surface area (Å²) in [4.78, 5) is 11.2. The second-order valence-electron chi connectivity index (χ2n) is 14.7. The van der Waals surface area contributed by atoms with Crippen molar-refractivity contribution < 1.29 is 19.7 Å². The Kier molecular flexibility index (Phi) is 7.28. The first-order valence-electron chi connectivity index (χ1n) is 16.0. The van der Waals surface area contributed by atoms with Crippen LogP contribution in [0.3, 0.4) is 0 Å². The fraction of sp³-hybridized carbons (Fsp3) is 0.743. The van der Waals surface area contributed by atoms with Crippen molar-refractivity contribution in [2.24, 2.45) is 46.3 Å². The van der Waals surface area contributed by atoms with Crippen LogP contribution in [0, 0.1) is 46.3 Å². The predicted molar refractivity (Wildman–Crippen MR) is 155 cm³/mol. The Morgan fingerprint density at radius 1 is 1.00 bits per heavy atom. The quantitative estimate of drug-likeness (QED) is 0.390. The van der Waals surface area contributed by atoms with Gasteiger partial charge in [0.25, 0.3) is 0 Å². The van der Waals surface area contributed by atoms with Gasteiger partial charge in [-0.1, -0.05) is 51.1 Å². The summed E-state index contributed by atoms with van der Waals surface area (Å²) in [5, 5.41) is 21.2. The number of fused-ring (bicyclic) bond motifs is 5. The second-order valence-corrected chi connectivity index (χ2v) is 14.7. The van der Waals surface area contributed by atoms with E-state index in [0.29, 0.717) is 41.6 Å². The van der Waals surface area contributed by atoms with Gasteiger partial charge < -0.3 is 14.9 Å². The number of carboxylic acid groups (broad SMARTS) is 1. The number of hydrogen-bond acceptors (Lipinski definition) is 3. The smallest absolute Gasteiger partial charge is 0.303 e. The third-order valence-corrected chi connectivity index (χ3v) is 13.1. The first kappa shape index (κ1) is 27.5. The first-order valence-corrected chi connectivity index (χ1v) is 16.0. The molecule has 4 heteroatoms. The van der Waals surface area contributed by atoms with Crippen molar-refractivity contribution in [2.75, 3.05) is 13.2 Å². The number of benzene rings is 1. The molecule has 214 valence electrons. The molecular formula is C35H50O4. The number of hydrogen-bond donors (Lipinski definition) is 2. The molecular weight excluding hydrogens is 484 g/mol. The Balaban J connectivity index is 1.15. The summed E-state index contributed by atoms with van der Waals surface area (Å²) in [5.74, 6) is 3.48. The van der Waals surface area contributed by atoms with Gasteiger partial charge in [0.1, 0.15) is 0 Å². The van der Waals surface area contributed by atoms with Crippen LogP contribution in [0.15, 0.2) is 30.3 Å². The van der Waals surface area contributed by atoms with Gasteiger partial charge in [-0.2, -0.15) is 0 Å². The molecule has 4 aliphatic carbocycles. The highest BCUT2D eigenvalue weighted by Crippen LogP contribution is 2.69. The SMILES string of the molecule is C[C@H](CCC(=O)O)[C@H]1CC[C@H]2[C@@H]3CC[C@@H]4C[C@](O)(c5ccc(C6=CCOCC6)cc5)CC[C@]4(C)[C@H]3CC[C@]12C. The number of rotatable bonds is 6. The zero-order chi connectivity index (χ0) is 27.4. The van der Waals surface area contributed by atoms with Crippen LogP contribution in [-0.4, -0.2) is 29.4 Å². The van der Waals surface area contributed by atoms with Gasteiger partial charge in [0.15, 0.2) is 0 Å². The van der Waals surface area contributed by atoms with E-state index in [1.165, 1.54) is 49.7 Å². The lowest BCUT2D eigenvalue weighted by Gasteiger charge is -2.62. The molecule has 1 aromatic rings. The highest BCUT2D eigenvalue weighted by atomic mass is 16.5.